The van der Waals surface area contributed by atoms with E-state index in [0.717, 1.165) is 17.7 Å². The first kappa shape index (κ1) is 16.8. The molecule has 0 aliphatic carbocycles. The molecule has 0 bridgehead atoms. The first-order valence-electron chi connectivity index (χ1n) is 7.26. The average molecular weight is 332 g/mol. The smallest absolute Gasteiger partial charge is 0.319 e. The number of urea groups is 1. The van der Waals surface area contributed by atoms with Gasteiger partial charge in [0.25, 0.3) is 0 Å². The highest BCUT2D eigenvalue weighted by Crippen LogP contribution is 2.15. The average Bonchev–Trinajstić information content (AvgIpc) is 2.53. The maximum absolute atomic E-state index is 11.9. The first-order valence-corrected chi connectivity index (χ1v) is 7.64. The molecule has 6 heteroatoms. The highest BCUT2D eigenvalue weighted by Gasteiger charge is 2.08. The van der Waals surface area contributed by atoms with Gasteiger partial charge in [-0.1, -0.05) is 42.8 Å². The van der Waals surface area contributed by atoms with E-state index in [1.54, 1.807) is 24.3 Å². The fraction of sp³-hybridized carbons (Fsp3) is 0.176. The number of rotatable bonds is 5. The van der Waals surface area contributed by atoms with E-state index in [1.165, 1.54) is 0 Å². The summed E-state index contributed by atoms with van der Waals surface area (Å²) in [6, 6.07) is 13.9. The summed E-state index contributed by atoms with van der Waals surface area (Å²) in [7, 11) is 0. The van der Waals surface area contributed by atoms with Gasteiger partial charge in [-0.2, -0.15) is 0 Å². The summed E-state index contributed by atoms with van der Waals surface area (Å²) in [6.45, 7) is 1.89. The Labute approximate surface area is 140 Å². The van der Waals surface area contributed by atoms with Crippen molar-refractivity contribution in [2.75, 3.05) is 17.2 Å². The molecule has 120 valence electrons. The summed E-state index contributed by atoms with van der Waals surface area (Å²) in [6.07, 6.45) is 0.819. The van der Waals surface area contributed by atoms with Gasteiger partial charge in [-0.3, -0.25) is 4.79 Å². The van der Waals surface area contributed by atoms with Crippen LogP contribution < -0.4 is 16.0 Å². The summed E-state index contributed by atoms with van der Waals surface area (Å²) >= 11 is 5.84. The molecule has 0 saturated carbocycles. The van der Waals surface area contributed by atoms with Gasteiger partial charge in [-0.25, -0.2) is 4.79 Å². The van der Waals surface area contributed by atoms with Crippen molar-refractivity contribution in [1.29, 1.82) is 0 Å². The van der Waals surface area contributed by atoms with E-state index >= 15 is 0 Å². The number of anilines is 2. The van der Waals surface area contributed by atoms with E-state index in [4.69, 9.17) is 11.6 Å². The maximum atomic E-state index is 11.9. The van der Waals surface area contributed by atoms with Crippen molar-refractivity contribution in [3.63, 3.8) is 0 Å². The third-order valence-electron chi connectivity index (χ3n) is 3.16. The van der Waals surface area contributed by atoms with E-state index in [9.17, 15) is 9.59 Å². The maximum Gasteiger partial charge on any atom is 0.319 e. The van der Waals surface area contributed by atoms with E-state index in [2.05, 4.69) is 16.0 Å². The molecule has 0 aromatic heterocycles. The molecule has 3 N–H and O–H groups in total. The van der Waals surface area contributed by atoms with Crippen LogP contribution in [0.4, 0.5) is 16.2 Å². The summed E-state index contributed by atoms with van der Waals surface area (Å²) in [4.78, 5) is 23.7. The minimum Gasteiger partial charge on any atom is -0.329 e. The molecule has 5 nitrogen and oxygen atoms in total. The SMILES string of the molecule is CCc1ccccc1NC(=O)CNC(=O)Nc1cccc(Cl)c1. The van der Waals surface area contributed by atoms with Crippen molar-refractivity contribution in [3.05, 3.63) is 59.1 Å². The largest absolute Gasteiger partial charge is 0.329 e. The summed E-state index contributed by atoms with van der Waals surface area (Å²) < 4.78 is 0. The normalized spacial score (nSPS) is 10.0. The Hall–Kier alpha value is -2.53. The number of aryl methyl sites for hydroxylation is 1. The highest BCUT2D eigenvalue weighted by atomic mass is 35.5. The fourth-order valence-electron chi connectivity index (χ4n) is 2.05. The van der Waals surface area contributed by atoms with Gasteiger partial charge in [-0.15, -0.1) is 0 Å². The Morgan fingerprint density at radius 2 is 1.83 bits per heavy atom. The number of carbonyl (C=O) groups is 2. The predicted octanol–water partition coefficient (Wildman–Crippen LogP) is 3.66. The van der Waals surface area contributed by atoms with Gasteiger partial charge >= 0.3 is 6.03 Å². The fourth-order valence-corrected chi connectivity index (χ4v) is 2.24. The summed E-state index contributed by atoms with van der Waals surface area (Å²) in [5.74, 6) is -0.285. The van der Waals surface area contributed by atoms with E-state index in [0.29, 0.717) is 10.7 Å². The molecule has 2 aromatic carbocycles. The number of hydrogen-bond donors (Lipinski definition) is 3. The van der Waals surface area contributed by atoms with E-state index < -0.39 is 6.03 Å². The molecule has 0 spiro atoms. The lowest BCUT2D eigenvalue weighted by Gasteiger charge is -2.11. The Balaban J connectivity index is 1.83. The molecule has 0 fully saturated rings. The van der Waals surface area contributed by atoms with Gasteiger partial charge in [0.15, 0.2) is 0 Å². The monoisotopic (exact) mass is 331 g/mol. The van der Waals surface area contributed by atoms with Crippen LogP contribution in [0.3, 0.4) is 0 Å². The number of nitrogens with one attached hydrogen (secondary N) is 3. The molecule has 0 atom stereocenters. The van der Waals surface area contributed by atoms with Crippen molar-refractivity contribution in [2.45, 2.75) is 13.3 Å². The molecule has 2 aromatic rings. The quantitative estimate of drug-likeness (QED) is 0.782. The van der Waals surface area contributed by atoms with Gasteiger partial charge in [-0.05, 0) is 36.2 Å². The standard InChI is InChI=1S/C17H18ClN3O2/c1-2-12-6-3-4-9-15(12)21-16(22)11-19-17(23)20-14-8-5-7-13(18)10-14/h3-10H,2,11H2,1H3,(H,21,22)(H2,19,20,23). The zero-order valence-corrected chi connectivity index (χ0v) is 13.5. The highest BCUT2D eigenvalue weighted by molar-refractivity contribution is 6.30. The van der Waals surface area contributed by atoms with Crippen LogP contribution in [0.1, 0.15) is 12.5 Å². The topological polar surface area (TPSA) is 70.2 Å². The first-order chi connectivity index (χ1) is 11.1. The van der Waals surface area contributed by atoms with E-state index in [1.807, 2.05) is 31.2 Å². The summed E-state index contributed by atoms with van der Waals surface area (Å²) in [5.41, 5.74) is 2.37. The molecule has 0 aliphatic heterocycles. The lowest BCUT2D eigenvalue weighted by atomic mass is 10.1. The van der Waals surface area contributed by atoms with Crippen molar-refractivity contribution in [2.24, 2.45) is 0 Å². The molecule has 3 amide bonds. The van der Waals surface area contributed by atoms with Crippen molar-refractivity contribution in [3.8, 4) is 0 Å². The zero-order chi connectivity index (χ0) is 16.7. The van der Waals surface area contributed by atoms with Crippen LogP contribution in [0.15, 0.2) is 48.5 Å². The lowest BCUT2D eigenvalue weighted by molar-refractivity contribution is -0.115. The molecule has 2 rings (SSSR count). The van der Waals surface area contributed by atoms with Crippen molar-refractivity contribution < 1.29 is 9.59 Å². The van der Waals surface area contributed by atoms with Crippen LogP contribution in [-0.4, -0.2) is 18.5 Å². The third kappa shape index (κ3) is 5.30. The second-order valence-corrected chi connectivity index (χ2v) is 5.31. The Bertz CT molecular complexity index is 704. The molecule has 0 radical (unpaired) electrons. The van der Waals surface area contributed by atoms with Crippen LogP contribution in [0.25, 0.3) is 0 Å². The second-order valence-electron chi connectivity index (χ2n) is 4.88. The second kappa shape index (κ2) is 8.19. The Morgan fingerprint density at radius 3 is 2.57 bits per heavy atom. The van der Waals surface area contributed by atoms with Crippen molar-refractivity contribution >= 4 is 34.9 Å². The Morgan fingerprint density at radius 1 is 1.04 bits per heavy atom. The third-order valence-corrected chi connectivity index (χ3v) is 3.40. The van der Waals surface area contributed by atoms with Crippen LogP contribution in [0, 0.1) is 0 Å². The number of para-hydroxylation sites is 1. The molecular formula is C17H18ClN3O2. The van der Waals surface area contributed by atoms with Crippen LogP contribution in [0.5, 0.6) is 0 Å². The predicted molar refractivity (Wildman–Crippen MR) is 92.9 cm³/mol. The van der Waals surface area contributed by atoms with Gasteiger partial charge in [0.05, 0.1) is 6.54 Å². The summed E-state index contributed by atoms with van der Waals surface area (Å²) in [5, 5.41) is 8.42. The van der Waals surface area contributed by atoms with Crippen molar-refractivity contribution in [1.82, 2.24) is 5.32 Å². The number of amides is 3. The molecule has 0 aliphatic rings. The minimum atomic E-state index is -0.466. The van der Waals surface area contributed by atoms with E-state index in [-0.39, 0.29) is 12.5 Å². The zero-order valence-electron chi connectivity index (χ0n) is 12.7. The van der Waals surface area contributed by atoms with Gasteiger partial charge in [0.1, 0.15) is 0 Å². The van der Waals surface area contributed by atoms with Crippen LogP contribution in [0.2, 0.25) is 5.02 Å². The number of halogens is 1. The molecule has 23 heavy (non-hydrogen) atoms. The van der Waals surface area contributed by atoms with Gasteiger partial charge < -0.3 is 16.0 Å². The number of hydrogen-bond acceptors (Lipinski definition) is 2. The van der Waals surface area contributed by atoms with Gasteiger partial charge in [0.2, 0.25) is 5.91 Å². The minimum absolute atomic E-state index is 0.121. The van der Waals surface area contributed by atoms with Gasteiger partial charge in [0, 0.05) is 16.4 Å². The van der Waals surface area contributed by atoms with Crippen LogP contribution >= 0.6 is 11.6 Å². The molecule has 0 heterocycles. The Kier molecular flexibility index (Phi) is 6.00. The number of carbonyl (C=O) groups excluding carboxylic acids is 2. The lowest BCUT2D eigenvalue weighted by Crippen LogP contribution is -2.35. The number of benzene rings is 2. The molecular weight excluding hydrogens is 314 g/mol. The molecule has 0 saturated heterocycles. The molecule has 0 unspecified atom stereocenters. The van der Waals surface area contributed by atoms with Crippen LogP contribution in [-0.2, 0) is 11.2 Å².